The van der Waals surface area contributed by atoms with Gasteiger partial charge in [0.2, 0.25) is 5.91 Å². The molecule has 0 spiro atoms. The first-order chi connectivity index (χ1) is 9.08. The van der Waals surface area contributed by atoms with E-state index in [1.54, 1.807) is 0 Å². The predicted molar refractivity (Wildman–Crippen MR) is 71.5 cm³/mol. The molecular formula is C14H24N2O3. The molecule has 108 valence electrons. The average molecular weight is 268 g/mol. The number of carboxylic acid groups (broad SMARTS) is 1. The minimum Gasteiger partial charge on any atom is -0.480 e. The fourth-order valence-electron chi connectivity index (χ4n) is 2.99. The van der Waals surface area contributed by atoms with Crippen molar-refractivity contribution in [1.29, 1.82) is 0 Å². The molecule has 5 heteroatoms. The third kappa shape index (κ3) is 4.20. The molecule has 2 aliphatic rings. The highest BCUT2D eigenvalue weighted by atomic mass is 16.4. The molecule has 2 rings (SSSR count). The molecule has 1 amide bonds. The van der Waals surface area contributed by atoms with Crippen LogP contribution >= 0.6 is 0 Å². The van der Waals surface area contributed by atoms with Crippen LogP contribution in [0.1, 0.15) is 51.4 Å². The number of amides is 1. The van der Waals surface area contributed by atoms with E-state index < -0.39 is 12.0 Å². The fraction of sp³-hybridized carbons (Fsp3) is 0.857. The molecule has 2 fully saturated rings. The van der Waals surface area contributed by atoms with Gasteiger partial charge in [0, 0.05) is 12.5 Å². The van der Waals surface area contributed by atoms with Crippen molar-refractivity contribution in [2.24, 2.45) is 17.6 Å². The third-order valence-corrected chi connectivity index (χ3v) is 4.35. The summed E-state index contributed by atoms with van der Waals surface area (Å²) in [5, 5.41) is 12.0. The SMILES string of the molecule is NC(CC(=O)NC(C(=O)O)C1CCCCC1)C1CC1. The lowest BCUT2D eigenvalue weighted by molar-refractivity contribution is -0.144. The van der Waals surface area contributed by atoms with E-state index in [0.29, 0.717) is 5.92 Å². The Bertz CT molecular complexity index is 336. The fourth-order valence-corrected chi connectivity index (χ4v) is 2.99. The van der Waals surface area contributed by atoms with Crippen LogP contribution in [0.3, 0.4) is 0 Å². The largest absolute Gasteiger partial charge is 0.480 e. The van der Waals surface area contributed by atoms with Crippen molar-refractivity contribution >= 4 is 11.9 Å². The molecule has 0 aromatic heterocycles. The third-order valence-electron chi connectivity index (χ3n) is 4.35. The van der Waals surface area contributed by atoms with Gasteiger partial charge in [-0.25, -0.2) is 4.79 Å². The molecule has 0 aliphatic heterocycles. The summed E-state index contributed by atoms with van der Waals surface area (Å²) < 4.78 is 0. The van der Waals surface area contributed by atoms with Crippen LogP contribution in [0.15, 0.2) is 0 Å². The van der Waals surface area contributed by atoms with Crippen LogP contribution in [0.2, 0.25) is 0 Å². The molecule has 2 saturated carbocycles. The number of hydrogen-bond acceptors (Lipinski definition) is 3. The van der Waals surface area contributed by atoms with Crippen LogP contribution in [-0.2, 0) is 9.59 Å². The van der Waals surface area contributed by atoms with E-state index in [2.05, 4.69) is 5.32 Å². The van der Waals surface area contributed by atoms with Crippen molar-refractivity contribution in [2.75, 3.05) is 0 Å². The zero-order valence-corrected chi connectivity index (χ0v) is 11.3. The zero-order chi connectivity index (χ0) is 13.8. The lowest BCUT2D eigenvalue weighted by atomic mass is 9.84. The van der Waals surface area contributed by atoms with Crippen molar-refractivity contribution in [2.45, 2.75) is 63.5 Å². The minimum absolute atomic E-state index is 0.0762. The number of nitrogens with two attached hydrogens (primary N) is 1. The molecule has 0 saturated heterocycles. The molecule has 5 nitrogen and oxygen atoms in total. The van der Waals surface area contributed by atoms with Crippen LogP contribution in [0, 0.1) is 11.8 Å². The maximum absolute atomic E-state index is 11.9. The molecule has 19 heavy (non-hydrogen) atoms. The Balaban J connectivity index is 1.84. The summed E-state index contributed by atoms with van der Waals surface area (Å²) in [5.41, 5.74) is 5.90. The van der Waals surface area contributed by atoms with Crippen molar-refractivity contribution in [3.63, 3.8) is 0 Å². The van der Waals surface area contributed by atoms with E-state index in [1.807, 2.05) is 0 Å². The molecule has 0 bridgehead atoms. The molecule has 2 atom stereocenters. The van der Waals surface area contributed by atoms with Crippen molar-refractivity contribution in [3.05, 3.63) is 0 Å². The van der Waals surface area contributed by atoms with Crippen LogP contribution in [0.5, 0.6) is 0 Å². The van der Waals surface area contributed by atoms with Gasteiger partial charge in [-0.05, 0) is 37.5 Å². The maximum atomic E-state index is 11.9. The molecule has 0 radical (unpaired) electrons. The van der Waals surface area contributed by atoms with Gasteiger partial charge < -0.3 is 16.2 Å². The first-order valence-corrected chi connectivity index (χ1v) is 7.35. The Morgan fingerprint density at radius 1 is 1.11 bits per heavy atom. The van der Waals surface area contributed by atoms with Crippen LogP contribution < -0.4 is 11.1 Å². The lowest BCUT2D eigenvalue weighted by Crippen LogP contribution is -2.48. The van der Waals surface area contributed by atoms with Gasteiger partial charge in [-0.1, -0.05) is 19.3 Å². The summed E-state index contributed by atoms with van der Waals surface area (Å²) in [6, 6.07) is -0.847. The highest BCUT2D eigenvalue weighted by Gasteiger charge is 2.33. The second-order valence-electron chi connectivity index (χ2n) is 5.99. The average Bonchev–Trinajstić information content (AvgIpc) is 3.21. The molecule has 2 unspecified atom stereocenters. The van der Waals surface area contributed by atoms with Crippen LogP contribution in [-0.4, -0.2) is 29.1 Å². The maximum Gasteiger partial charge on any atom is 0.326 e. The molecule has 4 N–H and O–H groups in total. The summed E-state index contributed by atoms with van der Waals surface area (Å²) in [5.74, 6) is -0.589. The van der Waals surface area contributed by atoms with E-state index in [9.17, 15) is 14.7 Å². The van der Waals surface area contributed by atoms with Crippen LogP contribution in [0.4, 0.5) is 0 Å². The zero-order valence-electron chi connectivity index (χ0n) is 11.3. The van der Waals surface area contributed by atoms with Crippen molar-refractivity contribution in [1.82, 2.24) is 5.32 Å². The molecule has 2 aliphatic carbocycles. The predicted octanol–water partition coefficient (Wildman–Crippen LogP) is 1.26. The Labute approximate surface area is 113 Å². The van der Waals surface area contributed by atoms with Gasteiger partial charge in [0.05, 0.1) is 0 Å². The van der Waals surface area contributed by atoms with Gasteiger partial charge in [0.15, 0.2) is 0 Å². The van der Waals surface area contributed by atoms with Crippen LogP contribution in [0.25, 0.3) is 0 Å². The molecule has 0 aromatic rings. The number of aliphatic carboxylic acids is 1. The number of carbonyl (C=O) groups is 2. The standard InChI is InChI=1S/C14H24N2O3/c15-11(9-6-7-9)8-12(17)16-13(14(18)19)10-4-2-1-3-5-10/h9-11,13H,1-8,15H2,(H,16,17)(H,18,19). The lowest BCUT2D eigenvalue weighted by Gasteiger charge is -2.28. The smallest absolute Gasteiger partial charge is 0.326 e. The van der Waals surface area contributed by atoms with Gasteiger partial charge in [-0.15, -0.1) is 0 Å². The van der Waals surface area contributed by atoms with Gasteiger partial charge in [-0.3, -0.25) is 4.79 Å². The monoisotopic (exact) mass is 268 g/mol. The second kappa shape index (κ2) is 6.37. The van der Waals surface area contributed by atoms with Crippen molar-refractivity contribution < 1.29 is 14.7 Å². The van der Waals surface area contributed by atoms with Gasteiger partial charge >= 0.3 is 5.97 Å². The number of hydrogen-bond donors (Lipinski definition) is 3. The Morgan fingerprint density at radius 2 is 1.74 bits per heavy atom. The van der Waals surface area contributed by atoms with E-state index in [0.717, 1.165) is 38.5 Å². The van der Waals surface area contributed by atoms with E-state index >= 15 is 0 Å². The summed E-state index contributed by atoms with van der Waals surface area (Å²) in [7, 11) is 0. The number of rotatable bonds is 6. The number of nitrogens with one attached hydrogen (secondary N) is 1. The van der Waals surface area contributed by atoms with Crippen molar-refractivity contribution in [3.8, 4) is 0 Å². The summed E-state index contributed by atoms with van der Waals surface area (Å²) in [4.78, 5) is 23.2. The number of carboxylic acids is 1. The van der Waals surface area contributed by atoms with E-state index in [4.69, 9.17) is 5.73 Å². The quantitative estimate of drug-likeness (QED) is 0.676. The molecule has 0 aromatic carbocycles. The normalized spacial score (nSPS) is 23.6. The topological polar surface area (TPSA) is 92.4 Å². The number of carbonyl (C=O) groups excluding carboxylic acids is 1. The van der Waals surface area contributed by atoms with Gasteiger partial charge in [-0.2, -0.15) is 0 Å². The minimum atomic E-state index is -0.916. The van der Waals surface area contributed by atoms with E-state index in [-0.39, 0.29) is 24.3 Å². The highest BCUT2D eigenvalue weighted by Crippen LogP contribution is 2.33. The second-order valence-corrected chi connectivity index (χ2v) is 5.99. The Hall–Kier alpha value is -1.10. The Morgan fingerprint density at radius 3 is 2.26 bits per heavy atom. The molecule has 0 heterocycles. The summed E-state index contributed by atoms with van der Waals surface area (Å²) >= 11 is 0. The summed E-state index contributed by atoms with van der Waals surface area (Å²) in [6.07, 6.45) is 7.53. The first-order valence-electron chi connectivity index (χ1n) is 7.35. The van der Waals surface area contributed by atoms with Gasteiger partial charge in [0.1, 0.15) is 6.04 Å². The first kappa shape index (κ1) is 14.3. The Kier molecular flexibility index (Phi) is 4.80. The summed E-state index contributed by atoms with van der Waals surface area (Å²) in [6.45, 7) is 0. The highest BCUT2D eigenvalue weighted by molar-refractivity contribution is 5.84. The van der Waals surface area contributed by atoms with Gasteiger partial charge in [0.25, 0.3) is 0 Å². The molecular weight excluding hydrogens is 244 g/mol. The van der Waals surface area contributed by atoms with E-state index in [1.165, 1.54) is 6.42 Å².